The molecule has 6 rings (SSSR count). The van der Waals surface area contributed by atoms with Crippen molar-refractivity contribution in [1.82, 2.24) is 29.9 Å². The number of aryl methyl sites for hydroxylation is 6. The number of hydrogen-bond acceptors (Lipinski definition) is 9. The zero-order chi connectivity index (χ0) is 41.5. The number of carbonyl (C=O) groups is 2. The number of halogens is 3. The van der Waals surface area contributed by atoms with Crippen molar-refractivity contribution in [3.8, 4) is 0 Å². The lowest BCUT2D eigenvalue weighted by Gasteiger charge is -2.14. The second-order valence-corrected chi connectivity index (χ2v) is 14.5. The van der Waals surface area contributed by atoms with Gasteiger partial charge in [-0.15, -0.1) is 0 Å². The smallest absolute Gasteiger partial charge is 0.224 e. The lowest BCUT2D eigenvalue weighted by atomic mass is 9.92. The molecule has 6 N–H and O–H groups in total. The van der Waals surface area contributed by atoms with E-state index in [0.29, 0.717) is 47.2 Å². The fourth-order valence-corrected chi connectivity index (χ4v) is 6.23. The fourth-order valence-electron chi connectivity index (χ4n) is 5.70. The van der Waals surface area contributed by atoms with Gasteiger partial charge in [-0.3, -0.25) is 19.6 Å². The molecule has 0 radical (unpaired) electrons. The molecule has 4 aromatic heterocycles. The molecule has 0 saturated carbocycles. The molecular formula is C44H50Cl3N9O2. The average Bonchev–Trinajstić information content (AvgIpc) is 3.20. The summed E-state index contributed by atoms with van der Waals surface area (Å²) in [6.07, 6.45) is 9.92. The van der Waals surface area contributed by atoms with Crippen molar-refractivity contribution in [3.05, 3.63) is 169 Å². The molecule has 58 heavy (non-hydrogen) atoms. The minimum atomic E-state index is -0.342. The zero-order valence-electron chi connectivity index (χ0n) is 32.3. The third kappa shape index (κ3) is 14.5. The average molecular weight is 843 g/mol. The third-order valence-electron chi connectivity index (χ3n) is 9.08. The lowest BCUT2D eigenvalue weighted by molar-refractivity contribution is -0.119. The summed E-state index contributed by atoms with van der Waals surface area (Å²) >= 11 is 18.2. The monoisotopic (exact) mass is 841 g/mol. The molecule has 6 aromatic rings. The van der Waals surface area contributed by atoms with Crippen LogP contribution in [0, 0.1) is 13.8 Å². The number of carbonyl (C=O) groups excluding carboxylic acids is 2. The fraction of sp³-hybridized carbons (Fsp3) is 0.273. The number of rotatable bonds is 12. The second-order valence-electron chi connectivity index (χ2n) is 13.4. The molecule has 2 unspecified atom stereocenters. The molecule has 2 atom stereocenters. The van der Waals surface area contributed by atoms with E-state index < -0.39 is 0 Å². The summed E-state index contributed by atoms with van der Waals surface area (Å²) in [6.45, 7) is 7.51. The first-order chi connectivity index (χ1) is 27.2. The van der Waals surface area contributed by atoms with E-state index in [1.165, 1.54) is 6.20 Å². The maximum absolute atomic E-state index is 11.6. The molecule has 11 nitrogen and oxygen atoms in total. The summed E-state index contributed by atoms with van der Waals surface area (Å²) in [5, 5.41) is 1.21. The van der Waals surface area contributed by atoms with Crippen LogP contribution < -0.4 is 17.2 Å². The largest absolute Gasteiger partial charge is 0.397 e. The van der Waals surface area contributed by atoms with E-state index in [2.05, 4.69) is 29.9 Å². The molecule has 0 saturated heterocycles. The minimum absolute atomic E-state index is 0. The molecule has 0 aliphatic carbocycles. The molecule has 304 valence electrons. The molecule has 0 fully saturated rings. The van der Waals surface area contributed by atoms with Crippen LogP contribution >= 0.6 is 34.8 Å². The Hall–Kier alpha value is -5.49. The quantitative estimate of drug-likeness (QED) is 0.101. The van der Waals surface area contributed by atoms with Crippen molar-refractivity contribution in [3.63, 3.8) is 0 Å². The Balaban J connectivity index is 0.000000263. The van der Waals surface area contributed by atoms with Crippen LogP contribution in [0.4, 0.5) is 5.69 Å². The van der Waals surface area contributed by atoms with Gasteiger partial charge in [0.15, 0.2) is 0 Å². The van der Waals surface area contributed by atoms with Crippen molar-refractivity contribution >= 4 is 52.3 Å². The van der Waals surface area contributed by atoms with Gasteiger partial charge in [0.2, 0.25) is 17.1 Å². The van der Waals surface area contributed by atoms with Crippen LogP contribution in [-0.4, -0.2) is 41.7 Å². The first-order valence-corrected chi connectivity index (χ1v) is 19.4. The van der Waals surface area contributed by atoms with Crippen LogP contribution in [0.2, 0.25) is 15.3 Å². The number of aromatic nitrogens is 6. The molecule has 0 aliphatic rings. The number of nitrogens with zero attached hydrogens (tertiary/aromatic N) is 6. The maximum atomic E-state index is 11.6. The van der Waals surface area contributed by atoms with Crippen molar-refractivity contribution in [1.29, 1.82) is 0 Å². The highest BCUT2D eigenvalue weighted by atomic mass is 35.5. The number of pyridine rings is 2. The van der Waals surface area contributed by atoms with E-state index in [0.717, 1.165) is 57.0 Å². The lowest BCUT2D eigenvalue weighted by Crippen LogP contribution is -2.20. The van der Waals surface area contributed by atoms with Gasteiger partial charge >= 0.3 is 0 Å². The Kier molecular flexibility index (Phi) is 18.6. The van der Waals surface area contributed by atoms with Crippen LogP contribution in [0.25, 0.3) is 0 Å². The normalized spacial score (nSPS) is 11.4. The number of nitrogen functional groups attached to an aromatic ring is 1. The number of nitrogens with two attached hydrogens (primary N) is 3. The van der Waals surface area contributed by atoms with E-state index in [1.807, 2.05) is 99.8 Å². The van der Waals surface area contributed by atoms with Gasteiger partial charge in [-0.2, -0.15) is 0 Å². The van der Waals surface area contributed by atoms with Gasteiger partial charge < -0.3 is 17.2 Å². The van der Waals surface area contributed by atoms with Crippen LogP contribution in [0.3, 0.4) is 0 Å². The van der Waals surface area contributed by atoms with Crippen LogP contribution in [-0.2, 0) is 41.7 Å². The molecule has 2 aromatic carbocycles. The zero-order valence-corrected chi connectivity index (χ0v) is 34.6. The number of primary amides is 2. The minimum Gasteiger partial charge on any atom is -0.397 e. The van der Waals surface area contributed by atoms with Gasteiger partial charge in [0.1, 0.15) is 5.82 Å². The second kappa shape index (κ2) is 23.0. The molecule has 0 spiro atoms. The van der Waals surface area contributed by atoms with E-state index in [9.17, 15) is 9.59 Å². The molecular weight excluding hydrogens is 793 g/mol. The Morgan fingerprint density at radius 1 is 0.603 bits per heavy atom. The highest BCUT2D eigenvalue weighted by Crippen LogP contribution is 2.24. The first-order valence-electron chi connectivity index (χ1n) is 18.2. The number of amides is 2. The topological polar surface area (TPSA) is 190 Å². The van der Waals surface area contributed by atoms with Crippen molar-refractivity contribution < 1.29 is 9.59 Å². The van der Waals surface area contributed by atoms with Gasteiger partial charge in [0.25, 0.3) is 0 Å². The Bertz CT molecular complexity index is 2230. The number of anilines is 1. The predicted molar refractivity (Wildman–Crippen MR) is 234 cm³/mol. The summed E-state index contributed by atoms with van der Waals surface area (Å²) in [7, 11) is 0. The summed E-state index contributed by atoms with van der Waals surface area (Å²) in [4.78, 5) is 48.2. The first kappa shape index (κ1) is 46.9. The SMILES string of the molecule is C.CC(C(N)=O)c1ccccc1CCc1nc(Cl)ncc1Cl.Cc1ccc(Cc2ncc(Cl)c(CCc3ccccc3C(C)C(N)=O)n2)cn1.Cc1ccc(N)cn1. The highest BCUT2D eigenvalue weighted by molar-refractivity contribution is 6.32. The Labute approximate surface area is 355 Å². The standard InChI is InChI=1S/C22H23ClN4O.C15H15Cl2N3O.C6H8N2.CH4/c1-14-7-8-16(12-25-14)11-21-26-13-19(23)20(27-21)10-9-17-5-3-4-6-18(17)15(2)22(24)28;1-9(14(18)21)11-5-3-2-4-10(11)6-7-13-12(16)8-19-15(17)20-13;1-5-2-3-6(7)4-8-5;/h3-8,12-13,15H,9-11H2,1-2H3,(H2,24,28);2-5,8-9H,6-7H2,1H3,(H2,18,21);2-4H,7H2,1H3;1H4. The molecule has 14 heteroatoms. The molecule has 4 heterocycles. The van der Waals surface area contributed by atoms with Gasteiger partial charge in [-0.1, -0.05) is 85.2 Å². The summed E-state index contributed by atoms with van der Waals surface area (Å²) < 4.78 is 0. The van der Waals surface area contributed by atoms with Crippen LogP contribution in [0.15, 0.2) is 97.6 Å². The Morgan fingerprint density at radius 2 is 1.09 bits per heavy atom. The van der Waals surface area contributed by atoms with Crippen molar-refractivity contribution in [2.24, 2.45) is 11.5 Å². The summed E-state index contributed by atoms with van der Waals surface area (Å²) in [5.74, 6) is -0.622. The van der Waals surface area contributed by atoms with Crippen LogP contribution in [0.5, 0.6) is 0 Å². The van der Waals surface area contributed by atoms with Gasteiger partial charge in [0.05, 0.1) is 51.4 Å². The van der Waals surface area contributed by atoms with Gasteiger partial charge in [-0.05, 0) is 111 Å². The van der Waals surface area contributed by atoms with Gasteiger partial charge in [0, 0.05) is 30.2 Å². The van der Waals surface area contributed by atoms with Crippen LogP contribution in [0.1, 0.15) is 89.5 Å². The van der Waals surface area contributed by atoms with E-state index in [-0.39, 0.29) is 36.4 Å². The van der Waals surface area contributed by atoms with E-state index >= 15 is 0 Å². The number of hydrogen-bond donors (Lipinski definition) is 3. The summed E-state index contributed by atoms with van der Waals surface area (Å²) in [5.41, 5.74) is 25.5. The van der Waals surface area contributed by atoms with Gasteiger partial charge in [-0.25, -0.2) is 19.9 Å². The highest BCUT2D eigenvalue weighted by Gasteiger charge is 2.17. The Morgan fingerprint density at radius 3 is 1.55 bits per heavy atom. The van der Waals surface area contributed by atoms with E-state index in [1.54, 1.807) is 19.3 Å². The number of benzene rings is 2. The van der Waals surface area contributed by atoms with Crippen molar-refractivity contribution in [2.75, 3.05) is 5.73 Å². The summed E-state index contributed by atoms with van der Waals surface area (Å²) in [6, 6.07) is 23.3. The molecule has 0 bridgehead atoms. The van der Waals surface area contributed by atoms with E-state index in [4.69, 9.17) is 52.0 Å². The molecule has 2 amide bonds. The molecule has 0 aliphatic heterocycles. The van der Waals surface area contributed by atoms with Crippen molar-refractivity contribution in [2.45, 2.75) is 79.1 Å². The maximum Gasteiger partial charge on any atom is 0.224 e. The predicted octanol–water partition coefficient (Wildman–Crippen LogP) is 8.56. The third-order valence-corrected chi connectivity index (χ3v) is 9.90.